The van der Waals surface area contributed by atoms with E-state index in [-0.39, 0.29) is 0 Å². The van der Waals surface area contributed by atoms with Gasteiger partial charge in [0.25, 0.3) is 0 Å². The summed E-state index contributed by atoms with van der Waals surface area (Å²) in [7, 11) is 0. The number of aromatic nitrogens is 3. The number of hydrogen-bond donors (Lipinski definition) is 1. The summed E-state index contributed by atoms with van der Waals surface area (Å²) in [5.41, 5.74) is 1.49. The summed E-state index contributed by atoms with van der Waals surface area (Å²) in [5, 5.41) is 7.37. The molecule has 1 aliphatic heterocycles. The van der Waals surface area contributed by atoms with Gasteiger partial charge in [0.1, 0.15) is 0 Å². The molecule has 0 atom stereocenters. The van der Waals surface area contributed by atoms with E-state index in [1.807, 2.05) is 23.1 Å². The fraction of sp³-hybridized carbons (Fsp3) is 0.538. The van der Waals surface area contributed by atoms with Crippen molar-refractivity contribution in [3.8, 4) is 10.7 Å². The second-order valence-corrected chi connectivity index (χ2v) is 7.85. The lowest BCUT2D eigenvalue weighted by atomic mass is 10.2. The highest BCUT2D eigenvalue weighted by Crippen LogP contribution is 2.36. The smallest absolute Gasteiger partial charge is 0.195 e. The number of thiophene rings is 1. The van der Waals surface area contributed by atoms with Gasteiger partial charge in [0.05, 0.1) is 4.88 Å². The Labute approximate surface area is 126 Å². The van der Waals surface area contributed by atoms with Crippen LogP contribution < -0.4 is 0 Å². The van der Waals surface area contributed by atoms with Gasteiger partial charge >= 0.3 is 0 Å². The lowest BCUT2D eigenvalue weighted by molar-refractivity contribution is 0.522. The molecule has 1 aliphatic rings. The average molecular weight is 312 g/mol. The number of nitrogens with zero attached hydrogens (tertiary/aromatic N) is 2. The van der Waals surface area contributed by atoms with Gasteiger partial charge in [0.2, 0.25) is 0 Å². The van der Waals surface area contributed by atoms with Crippen molar-refractivity contribution < 1.29 is 0 Å². The first kappa shape index (κ1) is 13.4. The number of hydrogen-bond acceptors (Lipinski definition) is 4. The van der Waals surface area contributed by atoms with E-state index in [0.717, 1.165) is 22.9 Å². The predicted octanol–water partition coefficient (Wildman–Crippen LogP) is 4.11. The van der Waals surface area contributed by atoms with Crippen molar-refractivity contribution in [1.82, 2.24) is 14.8 Å². The van der Waals surface area contributed by atoms with Gasteiger partial charge in [-0.25, -0.2) is 0 Å². The number of aryl methyl sites for hydroxylation is 1. The average Bonchev–Trinajstić information content (AvgIpc) is 2.93. The molecule has 3 heterocycles. The molecule has 0 unspecified atom stereocenters. The second kappa shape index (κ2) is 5.42. The van der Waals surface area contributed by atoms with Crippen LogP contribution in [0.1, 0.15) is 24.3 Å². The summed E-state index contributed by atoms with van der Waals surface area (Å²) in [6.45, 7) is 5.32. The Morgan fingerprint density at radius 3 is 3.11 bits per heavy atom. The number of H-pyrrole nitrogens is 1. The van der Waals surface area contributed by atoms with Crippen molar-refractivity contribution in [1.29, 1.82) is 0 Å². The van der Waals surface area contributed by atoms with Crippen LogP contribution in [-0.2, 0) is 18.7 Å². The molecule has 2 aromatic rings. The molecule has 0 fully saturated rings. The standard InChI is InChI=1S/C13H17N3S3/c1-8(2)6-16-12(14-15-13(16)17)11-5-9-7-18-4-3-10(9)19-11/h5,8H,3-4,6-7H2,1-2H3,(H,15,17). The van der Waals surface area contributed by atoms with E-state index in [1.54, 1.807) is 0 Å². The summed E-state index contributed by atoms with van der Waals surface area (Å²) in [6, 6.07) is 2.30. The predicted molar refractivity (Wildman–Crippen MR) is 85.4 cm³/mol. The first-order chi connectivity index (χ1) is 9.15. The van der Waals surface area contributed by atoms with E-state index in [2.05, 4.69) is 34.7 Å². The molecule has 0 bridgehead atoms. The monoisotopic (exact) mass is 311 g/mol. The number of rotatable bonds is 3. The highest BCUT2D eigenvalue weighted by Gasteiger charge is 2.18. The number of nitrogens with one attached hydrogen (secondary N) is 1. The van der Waals surface area contributed by atoms with Gasteiger partial charge in [-0.2, -0.15) is 16.9 Å². The maximum absolute atomic E-state index is 5.35. The molecule has 0 saturated heterocycles. The number of thioether (sulfide) groups is 1. The van der Waals surface area contributed by atoms with Gasteiger partial charge in [-0.15, -0.1) is 11.3 Å². The lowest BCUT2D eigenvalue weighted by Gasteiger charge is -2.08. The van der Waals surface area contributed by atoms with Crippen LogP contribution in [0.4, 0.5) is 0 Å². The first-order valence-electron chi connectivity index (χ1n) is 6.50. The SMILES string of the molecule is CC(C)Cn1c(-c2cc3c(s2)CCSC3)n[nH]c1=S. The van der Waals surface area contributed by atoms with Gasteiger partial charge in [0.15, 0.2) is 10.6 Å². The normalized spacial score (nSPS) is 14.9. The third-order valence-corrected chi connectivity index (χ3v) is 5.71. The first-order valence-corrected chi connectivity index (χ1v) is 8.88. The zero-order valence-electron chi connectivity index (χ0n) is 11.1. The lowest BCUT2D eigenvalue weighted by Crippen LogP contribution is -2.05. The zero-order chi connectivity index (χ0) is 13.4. The van der Waals surface area contributed by atoms with Crippen molar-refractivity contribution >= 4 is 35.3 Å². The van der Waals surface area contributed by atoms with E-state index in [4.69, 9.17) is 12.2 Å². The molecule has 3 nitrogen and oxygen atoms in total. The molecule has 19 heavy (non-hydrogen) atoms. The van der Waals surface area contributed by atoms with Gasteiger partial charge < -0.3 is 0 Å². The van der Waals surface area contributed by atoms with Gasteiger partial charge in [0, 0.05) is 17.2 Å². The number of aromatic amines is 1. The third kappa shape index (κ3) is 2.66. The molecule has 102 valence electrons. The van der Waals surface area contributed by atoms with E-state index in [1.165, 1.54) is 27.5 Å². The van der Waals surface area contributed by atoms with Crippen LogP contribution in [0.25, 0.3) is 10.7 Å². The van der Waals surface area contributed by atoms with Crippen LogP contribution in [-0.4, -0.2) is 20.5 Å². The molecule has 0 aliphatic carbocycles. The third-order valence-electron chi connectivity index (χ3n) is 3.15. The van der Waals surface area contributed by atoms with Gasteiger partial charge in [-0.3, -0.25) is 9.67 Å². The Balaban J connectivity index is 2.02. The Hall–Kier alpha value is -0.590. The summed E-state index contributed by atoms with van der Waals surface area (Å²) in [5.74, 6) is 3.95. The largest absolute Gasteiger partial charge is 0.299 e. The Bertz CT molecular complexity index is 612. The summed E-state index contributed by atoms with van der Waals surface area (Å²) in [6.07, 6.45) is 1.19. The molecule has 0 amide bonds. The number of fused-ring (bicyclic) bond motifs is 1. The Morgan fingerprint density at radius 1 is 1.53 bits per heavy atom. The van der Waals surface area contributed by atoms with Crippen LogP contribution in [0, 0.1) is 10.7 Å². The quantitative estimate of drug-likeness (QED) is 0.866. The molecule has 0 saturated carbocycles. The van der Waals surface area contributed by atoms with Crippen LogP contribution in [0.3, 0.4) is 0 Å². The maximum atomic E-state index is 5.35. The Morgan fingerprint density at radius 2 is 2.37 bits per heavy atom. The van der Waals surface area contributed by atoms with Crippen molar-refractivity contribution in [2.75, 3.05) is 5.75 Å². The van der Waals surface area contributed by atoms with E-state index in [9.17, 15) is 0 Å². The van der Waals surface area contributed by atoms with Crippen LogP contribution in [0.2, 0.25) is 0 Å². The minimum absolute atomic E-state index is 0.563. The van der Waals surface area contributed by atoms with Crippen LogP contribution in [0.5, 0.6) is 0 Å². The zero-order valence-corrected chi connectivity index (χ0v) is 13.6. The molecule has 0 radical (unpaired) electrons. The van der Waals surface area contributed by atoms with E-state index >= 15 is 0 Å². The molecule has 0 aromatic carbocycles. The minimum atomic E-state index is 0.563. The van der Waals surface area contributed by atoms with Gasteiger partial charge in [-0.05, 0) is 41.9 Å². The van der Waals surface area contributed by atoms with E-state index in [0.29, 0.717) is 5.92 Å². The molecule has 3 rings (SSSR count). The molecule has 6 heteroatoms. The van der Waals surface area contributed by atoms with Crippen molar-refractivity contribution in [3.63, 3.8) is 0 Å². The van der Waals surface area contributed by atoms with E-state index < -0.39 is 0 Å². The van der Waals surface area contributed by atoms with Crippen molar-refractivity contribution in [2.24, 2.45) is 5.92 Å². The topological polar surface area (TPSA) is 33.6 Å². The molecular weight excluding hydrogens is 294 g/mol. The Kier molecular flexibility index (Phi) is 3.82. The second-order valence-electron chi connectivity index (χ2n) is 5.22. The molecule has 2 aromatic heterocycles. The fourth-order valence-electron chi connectivity index (χ4n) is 2.30. The van der Waals surface area contributed by atoms with Gasteiger partial charge in [-0.1, -0.05) is 13.8 Å². The van der Waals surface area contributed by atoms with Crippen LogP contribution >= 0.6 is 35.3 Å². The molecule has 0 spiro atoms. The summed E-state index contributed by atoms with van der Waals surface area (Å²) < 4.78 is 2.86. The molecule has 1 N–H and O–H groups in total. The highest BCUT2D eigenvalue weighted by atomic mass is 32.2. The maximum Gasteiger partial charge on any atom is 0.195 e. The summed E-state index contributed by atoms with van der Waals surface area (Å²) in [4.78, 5) is 2.78. The molecular formula is C13H17N3S3. The van der Waals surface area contributed by atoms with Crippen LogP contribution in [0.15, 0.2) is 6.07 Å². The van der Waals surface area contributed by atoms with Crippen molar-refractivity contribution in [3.05, 3.63) is 21.3 Å². The van der Waals surface area contributed by atoms with Crippen molar-refractivity contribution in [2.45, 2.75) is 32.6 Å². The highest BCUT2D eigenvalue weighted by molar-refractivity contribution is 7.98. The minimum Gasteiger partial charge on any atom is -0.299 e. The summed E-state index contributed by atoms with van der Waals surface area (Å²) >= 11 is 9.24. The fourth-order valence-corrected chi connectivity index (χ4v) is 4.88.